The van der Waals surface area contributed by atoms with Crippen LogP contribution < -0.4 is 5.69 Å². The van der Waals surface area contributed by atoms with Gasteiger partial charge in [-0.15, -0.1) is 5.10 Å². The number of nitrogens with one attached hydrogen (secondary N) is 1. The van der Waals surface area contributed by atoms with Crippen LogP contribution in [0.15, 0.2) is 45.9 Å². The normalized spacial score (nSPS) is 11.1. The number of methoxy groups -OCH3 is 1. The number of aryl methyl sites for hydroxylation is 2. The van der Waals surface area contributed by atoms with Gasteiger partial charge in [0.25, 0.3) is 0 Å². The topological polar surface area (TPSA) is 94.8 Å². The minimum absolute atomic E-state index is 0.241. The van der Waals surface area contributed by atoms with Crippen molar-refractivity contribution in [3.63, 3.8) is 0 Å². The van der Waals surface area contributed by atoms with Crippen LogP contribution in [0.4, 0.5) is 0 Å². The highest BCUT2D eigenvalue weighted by molar-refractivity contribution is 9.10. The van der Waals surface area contributed by atoms with Gasteiger partial charge in [-0.3, -0.25) is 0 Å². The fourth-order valence-electron chi connectivity index (χ4n) is 3.11. The van der Waals surface area contributed by atoms with Crippen LogP contribution in [0, 0.1) is 6.92 Å². The monoisotopic (exact) mass is 441 g/mol. The summed E-state index contributed by atoms with van der Waals surface area (Å²) in [6.07, 6.45) is 0. The highest BCUT2D eigenvalue weighted by Gasteiger charge is 2.16. The van der Waals surface area contributed by atoms with E-state index in [-0.39, 0.29) is 11.4 Å². The Morgan fingerprint density at radius 1 is 1.21 bits per heavy atom. The number of esters is 1. The predicted molar refractivity (Wildman–Crippen MR) is 108 cm³/mol. The maximum Gasteiger partial charge on any atom is 0.358 e. The van der Waals surface area contributed by atoms with Gasteiger partial charge in [-0.2, -0.15) is 0 Å². The number of H-pyrrole nitrogens is 1. The van der Waals surface area contributed by atoms with Gasteiger partial charge in [0.2, 0.25) is 4.73 Å². The maximum atomic E-state index is 12.2. The number of aromatic nitrogens is 5. The van der Waals surface area contributed by atoms with Gasteiger partial charge in [0.1, 0.15) is 0 Å². The molecular weight excluding hydrogens is 426 g/mol. The molecule has 3 heterocycles. The summed E-state index contributed by atoms with van der Waals surface area (Å²) in [5, 5.41) is 4.94. The number of ether oxygens (including phenoxy) is 1. The van der Waals surface area contributed by atoms with Crippen LogP contribution in [-0.4, -0.2) is 37.4 Å². The number of aromatic amines is 1. The molecule has 0 amide bonds. The molecule has 8 nitrogen and oxygen atoms in total. The molecule has 0 saturated heterocycles. The molecule has 0 aliphatic carbocycles. The molecule has 0 saturated carbocycles. The molecule has 0 unspecified atom stereocenters. The lowest BCUT2D eigenvalue weighted by Gasteiger charge is -2.04. The quantitative estimate of drug-likeness (QED) is 0.493. The molecule has 4 rings (SSSR count). The zero-order valence-electron chi connectivity index (χ0n) is 15.4. The third-order valence-corrected chi connectivity index (χ3v) is 4.95. The summed E-state index contributed by atoms with van der Waals surface area (Å²) in [5.74, 6) is -0.488. The third kappa shape index (κ3) is 2.93. The fourth-order valence-corrected chi connectivity index (χ4v) is 3.71. The standard InChI is InChI=1S/C19H16BrN5O3/c1-10-8-12-9-14(22-15(12)16(21-10)17(26)28-3)11-4-6-13(7-5-11)25-18(20)23-24(2)19(25)27/h4-9,22H,1-3H3. The van der Waals surface area contributed by atoms with Crippen LogP contribution in [0.25, 0.3) is 27.8 Å². The molecule has 0 aliphatic rings. The number of halogens is 1. The third-order valence-electron chi connectivity index (χ3n) is 4.44. The first-order valence-electron chi connectivity index (χ1n) is 8.40. The van der Waals surface area contributed by atoms with E-state index >= 15 is 0 Å². The molecule has 1 N–H and O–H groups in total. The summed E-state index contributed by atoms with van der Waals surface area (Å²) < 4.78 is 8.00. The van der Waals surface area contributed by atoms with E-state index < -0.39 is 5.97 Å². The van der Waals surface area contributed by atoms with E-state index in [0.29, 0.717) is 15.9 Å². The van der Waals surface area contributed by atoms with Gasteiger partial charge in [-0.1, -0.05) is 12.1 Å². The zero-order chi connectivity index (χ0) is 20.0. The summed E-state index contributed by atoms with van der Waals surface area (Å²) in [6.45, 7) is 1.83. The van der Waals surface area contributed by atoms with Gasteiger partial charge in [-0.25, -0.2) is 23.8 Å². The first-order chi connectivity index (χ1) is 13.4. The second kappa shape index (κ2) is 6.75. The Balaban J connectivity index is 1.79. The van der Waals surface area contributed by atoms with Crippen LogP contribution in [0.3, 0.4) is 0 Å². The molecule has 4 aromatic rings. The molecule has 0 atom stereocenters. The molecule has 0 spiro atoms. The van der Waals surface area contributed by atoms with Gasteiger partial charge in [0.05, 0.1) is 18.3 Å². The van der Waals surface area contributed by atoms with E-state index in [0.717, 1.165) is 22.3 Å². The molecule has 0 fully saturated rings. The van der Waals surface area contributed by atoms with E-state index in [1.165, 1.54) is 16.4 Å². The summed E-state index contributed by atoms with van der Waals surface area (Å²) in [7, 11) is 2.93. The number of rotatable bonds is 3. The lowest BCUT2D eigenvalue weighted by molar-refractivity contribution is 0.0596. The van der Waals surface area contributed by atoms with Crippen LogP contribution in [0.5, 0.6) is 0 Å². The van der Waals surface area contributed by atoms with Crippen molar-refractivity contribution in [2.24, 2.45) is 7.05 Å². The molecule has 142 valence electrons. The molecule has 28 heavy (non-hydrogen) atoms. The second-order valence-electron chi connectivity index (χ2n) is 6.31. The Morgan fingerprint density at radius 3 is 2.54 bits per heavy atom. The predicted octanol–water partition coefficient (Wildman–Crippen LogP) is 2.97. The van der Waals surface area contributed by atoms with Crippen LogP contribution in [0.2, 0.25) is 0 Å². The van der Waals surface area contributed by atoms with Gasteiger partial charge >= 0.3 is 11.7 Å². The van der Waals surface area contributed by atoms with Gasteiger partial charge in [0, 0.05) is 23.8 Å². The van der Waals surface area contributed by atoms with Gasteiger partial charge in [-0.05, 0) is 52.7 Å². The summed E-state index contributed by atoms with van der Waals surface area (Å²) in [6, 6.07) is 11.3. The van der Waals surface area contributed by atoms with E-state index in [1.54, 1.807) is 7.05 Å². The van der Waals surface area contributed by atoms with Crippen LogP contribution in [-0.2, 0) is 11.8 Å². The van der Waals surface area contributed by atoms with Crippen molar-refractivity contribution >= 4 is 32.8 Å². The highest BCUT2D eigenvalue weighted by Crippen LogP contribution is 2.27. The Kier molecular flexibility index (Phi) is 4.38. The first kappa shape index (κ1) is 18.2. The van der Waals surface area contributed by atoms with Gasteiger partial charge < -0.3 is 9.72 Å². The SMILES string of the molecule is COC(=O)c1nc(C)cc2cc(-c3ccc(-n4c(Br)nn(C)c4=O)cc3)[nH]c12. The molecule has 0 aliphatic heterocycles. The van der Waals surface area contributed by atoms with Crippen molar-refractivity contribution in [3.8, 4) is 16.9 Å². The molecule has 9 heteroatoms. The van der Waals surface area contributed by atoms with Crippen molar-refractivity contribution < 1.29 is 9.53 Å². The van der Waals surface area contributed by atoms with Crippen molar-refractivity contribution in [3.05, 3.63) is 63.0 Å². The first-order valence-corrected chi connectivity index (χ1v) is 9.19. The average Bonchev–Trinajstić information content (AvgIpc) is 3.21. The van der Waals surface area contributed by atoms with Crippen molar-refractivity contribution in [1.82, 2.24) is 24.3 Å². The minimum atomic E-state index is -0.488. The summed E-state index contributed by atoms with van der Waals surface area (Å²) >= 11 is 3.30. The van der Waals surface area contributed by atoms with Crippen LogP contribution in [0.1, 0.15) is 16.2 Å². The lowest BCUT2D eigenvalue weighted by Crippen LogP contribution is -2.21. The molecule has 1 aromatic carbocycles. The Bertz CT molecular complexity index is 1270. The number of hydrogen-bond acceptors (Lipinski definition) is 5. The summed E-state index contributed by atoms with van der Waals surface area (Å²) in [5.41, 5.74) is 3.80. The largest absolute Gasteiger partial charge is 0.464 e. The Hall–Kier alpha value is -3.20. The van der Waals surface area contributed by atoms with Gasteiger partial charge in [0.15, 0.2) is 5.69 Å². The van der Waals surface area contributed by atoms with Crippen molar-refractivity contribution in [2.45, 2.75) is 6.92 Å². The second-order valence-corrected chi connectivity index (χ2v) is 7.02. The fraction of sp³-hybridized carbons (Fsp3) is 0.158. The molecule has 0 bridgehead atoms. The molecule has 0 radical (unpaired) electrons. The van der Waals surface area contributed by atoms with E-state index in [9.17, 15) is 9.59 Å². The number of carbonyl (C=O) groups is 1. The average molecular weight is 442 g/mol. The number of carbonyl (C=O) groups excluding carboxylic acids is 1. The number of fused-ring (bicyclic) bond motifs is 1. The number of nitrogens with zero attached hydrogens (tertiary/aromatic N) is 4. The number of benzene rings is 1. The Labute approximate surface area is 167 Å². The number of pyridine rings is 1. The zero-order valence-corrected chi connectivity index (χ0v) is 16.9. The highest BCUT2D eigenvalue weighted by atomic mass is 79.9. The molecule has 3 aromatic heterocycles. The molecular formula is C19H16BrN5O3. The minimum Gasteiger partial charge on any atom is -0.464 e. The van der Waals surface area contributed by atoms with E-state index in [4.69, 9.17) is 4.74 Å². The van der Waals surface area contributed by atoms with Crippen molar-refractivity contribution in [1.29, 1.82) is 0 Å². The smallest absolute Gasteiger partial charge is 0.358 e. The number of hydrogen-bond donors (Lipinski definition) is 1. The van der Waals surface area contributed by atoms with Crippen LogP contribution >= 0.6 is 15.9 Å². The van der Waals surface area contributed by atoms with E-state index in [1.807, 2.05) is 43.3 Å². The maximum absolute atomic E-state index is 12.2. The van der Waals surface area contributed by atoms with E-state index in [2.05, 4.69) is 31.0 Å². The Morgan fingerprint density at radius 2 is 1.93 bits per heavy atom. The van der Waals surface area contributed by atoms with Crippen molar-refractivity contribution in [2.75, 3.05) is 7.11 Å². The summed E-state index contributed by atoms with van der Waals surface area (Å²) in [4.78, 5) is 31.8. The lowest BCUT2D eigenvalue weighted by atomic mass is 10.1.